The summed E-state index contributed by atoms with van der Waals surface area (Å²) in [6.45, 7) is 0.458. The van der Waals surface area contributed by atoms with Crippen LogP contribution >= 0.6 is 0 Å². The Kier molecular flexibility index (Phi) is 7.59. The number of allylic oxidation sites excluding steroid dienone is 4. The van der Waals surface area contributed by atoms with Gasteiger partial charge in [0, 0.05) is 18.7 Å². The number of aliphatic hydroxyl groups excluding tert-OH is 2. The van der Waals surface area contributed by atoms with Gasteiger partial charge in [-0.15, -0.1) is 0 Å². The molecule has 2 N–H and O–H groups in total. The van der Waals surface area contributed by atoms with E-state index in [9.17, 15) is 15.0 Å². The predicted octanol–water partition coefficient (Wildman–Crippen LogP) is 2.75. The molecule has 1 aromatic heterocycles. The van der Waals surface area contributed by atoms with E-state index in [1.807, 2.05) is 18.2 Å². The highest BCUT2D eigenvalue weighted by molar-refractivity contribution is 5.78. The number of amides is 1. The van der Waals surface area contributed by atoms with E-state index in [-0.39, 0.29) is 25.5 Å². The van der Waals surface area contributed by atoms with Gasteiger partial charge in [-0.05, 0) is 31.5 Å². The molecule has 1 amide bonds. The van der Waals surface area contributed by atoms with E-state index in [4.69, 9.17) is 18.9 Å². The van der Waals surface area contributed by atoms with Crippen LogP contribution in [0.5, 0.6) is 5.88 Å². The van der Waals surface area contributed by atoms with Crippen LogP contribution in [0.4, 0.5) is 4.79 Å². The zero-order valence-corrected chi connectivity index (χ0v) is 21.2. The van der Waals surface area contributed by atoms with E-state index >= 15 is 0 Å². The maximum atomic E-state index is 12.6. The fourth-order valence-electron chi connectivity index (χ4n) is 4.56. The second kappa shape index (κ2) is 11.2. The highest BCUT2D eigenvalue weighted by Crippen LogP contribution is 2.30. The third-order valence-electron chi connectivity index (χ3n) is 6.55. The normalized spacial score (nSPS) is 20.8. The summed E-state index contributed by atoms with van der Waals surface area (Å²) in [5.74, 6) is 1.09. The van der Waals surface area contributed by atoms with E-state index in [1.54, 1.807) is 24.1 Å². The molecule has 3 atom stereocenters. The van der Waals surface area contributed by atoms with Gasteiger partial charge < -0.3 is 34.1 Å². The Hall–Kier alpha value is -3.93. The topological polar surface area (TPSA) is 127 Å². The first-order valence-corrected chi connectivity index (χ1v) is 12.3. The molecule has 11 heteroatoms. The van der Waals surface area contributed by atoms with Crippen molar-refractivity contribution in [1.82, 2.24) is 19.8 Å². The predicted molar refractivity (Wildman–Crippen MR) is 136 cm³/mol. The zero-order chi connectivity index (χ0) is 26.6. The maximum Gasteiger partial charge on any atom is 0.417 e. The number of carbonyl (C=O) groups excluding carboxylic acids is 1. The standard InChI is InChI=1S/C27H30N4O7/c1-30(12-20(32)18-9-6-10-19-26(18)29-24(35-2)11-28-19)13-21(33)22-14-31(27(34)38-22)25-16-36-15-23(37-25)17-7-4-3-5-8-17/h3-4,6-7,9-11,15-16,20-22,32-33H,5,8,12-14H2,1-2H3/t20-,21?,22-/m1/s1. The molecule has 1 saturated heterocycles. The van der Waals surface area contributed by atoms with Gasteiger partial charge in [0.1, 0.15) is 18.5 Å². The molecule has 3 aliphatic rings. The molecule has 1 unspecified atom stereocenters. The van der Waals surface area contributed by atoms with Gasteiger partial charge in [0.15, 0.2) is 12.0 Å². The molecule has 0 radical (unpaired) electrons. The Labute approximate surface area is 219 Å². The van der Waals surface area contributed by atoms with Crippen LogP contribution in [-0.2, 0) is 14.2 Å². The number of para-hydroxylation sites is 1. The molecule has 1 aliphatic carbocycles. The van der Waals surface area contributed by atoms with Gasteiger partial charge in [0.25, 0.3) is 0 Å². The number of aliphatic hydroxyl groups is 2. The molecule has 1 aromatic carbocycles. The van der Waals surface area contributed by atoms with Crippen molar-refractivity contribution in [2.75, 3.05) is 33.8 Å². The summed E-state index contributed by atoms with van der Waals surface area (Å²) in [7, 11) is 3.27. The second-order valence-corrected chi connectivity index (χ2v) is 9.30. The van der Waals surface area contributed by atoms with Gasteiger partial charge in [-0.3, -0.25) is 0 Å². The molecule has 11 nitrogen and oxygen atoms in total. The Morgan fingerprint density at radius 3 is 2.92 bits per heavy atom. The van der Waals surface area contributed by atoms with Crippen LogP contribution in [0, 0.1) is 0 Å². The highest BCUT2D eigenvalue weighted by Gasteiger charge is 2.40. The lowest BCUT2D eigenvalue weighted by Gasteiger charge is -2.26. The number of hydrogen-bond donors (Lipinski definition) is 2. The van der Waals surface area contributed by atoms with Crippen molar-refractivity contribution in [3.8, 4) is 5.88 Å². The number of fused-ring (bicyclic) bond motifs is 1. The second-order valence-electron chi connectivity index (χ2n) is 9.30. The van der Waals surface area contributed by atoms with Crippen molar-refractivity contribution in [1.29, 1.82) is 0 Å². The van der Waals surface area contributed by atoms with Crippen LogP contribution in [0.2, 0.25) is 0 Å². The van der Waals surface area contributed by atoms with E-state index in [0.29, 0.717) is 28.2 Å². The summed E-state index contributed by atoms with van der Waals surface area (Å²) in [6, 6.07) is 5.39. The van der Waals surface area contributed by atoms with Crippen LogP contribution in [-0.4, -0.2) is 82.1 Å². The molecule has 5 rings (SSSR count). The van der Waals surface area contributed by atoms with Crippen molar-refractivity contribution >= 4 is 17.1 Å². The number of carbonyl (C=O) groups is 1. The molecule has 38 heavy (non-hydrogen) atoms. The van der Waals surface area contributed by atoms with Crippen molar-refractivity contribution in [2.24, 2.45) is 0 Å². The number of benzene rings is 1. The molecule has 200 valence electrons. The number of methoxy groups -OCH3 is 1. The number of rotatable bonds is 9. The average molecular weight is 523 g/mol. The molecule has 0 bridgehead atoms. The molecule has 2 aliphatic heterocycles. The van der Waals surface area contributed by atoms with Crippen molar-refractivity contribution in [3.63, 3.8) is 0 Å². The lowest BCUT2D eigenvalue weighted by Crippen LogP contribution is -2.41. The fourth-order valence-corrected chi connectivity index (χ4v) is 4.56. The minimum absolute atomic E-state index is 0.0938. The van der Waals surface area contributed by atoms with Gasteiger partial charge in [0.05, 0.1) is 37.0 Å². The van der Waals surface area contributed by atoms with Crippen LogP contribution in [0.15, 0.2) is 72.4 Å². The third kappa shape index (κ3) is 5.49. The zero-order valence-electron chi connectivity index (χ0n) is 21.2. The third-order valence-corrected chi connectivity index (χ3v) is 6.55. The largest absolute Gasteiger partial charge is 0.480 e. The van der Waals surface area contributed by atoms with Crippen molar-refractivity contribution in [3.05, 3.63) is 77.9 Å². The Morgan fingerprint density at radius 1 is 1.26 bits per heavy atom. The number of aromatic nitrogens is 2. The van der Waals surface area contributed by atoms with E-state index in [0.717, 1.165) is 18.4 Å². The smallest absolute Gasteiger partial charge is 0.417 e. The molecule has 0 spiro atoms. The molecule has 0 saturated carbocycles. The van der Waals surface area contributed by atoms with Crippen LogP contribution in [0.1, 0.15) is 24.5 Å². The summed E-state index contributed by atoms with van der Waals surface area (Å²) in [5, 5.41) is 21.8. The summed E-state index contributed by atoms with van der Waals surface area (Å²) < 4.78 is 21.9. The quantitative estimate of drug-likeness (QED) is 0.508. The minimum atomic E-state index is -1.00. The van der Waals surface area contributed by atoms with Crippen molar-refractivity contribution < 1.29 is 34.0 Å². The molecule has 2 aromatic rings. The number of cyclic esters (lactones) is 1. The van der Waals surface area contributed by atoms with E-state index < -0.39 is 24.4 Å². The summed E-state index contributed by atoms with van der Waals surface area (Å²) in [4.78, 5) is 24.4. The van der Waals surface area contributed by atoms with Gasteiger partial charge >= 0.3 is 6.09 Å². The minimum Gasteiger partial charge on any atom is -0.480 e. The van der Waals surface area contributed by atoms with Gasteiger partial charge in [0.2, 0.25) is 11.8 Å². The molecular formula is C27H30N4O7. The van der Waals surface area contributed by atoms with E-state index in [2.05, 4.69) is 16.0 Å². The first-order chi connectivity index (χ1) is 18.4. The Balaban J connectivity index is 1.18. The van der Waals surface area contributed by atoms with Crippen LogP contribution in [0.3, 0.4) is 0 Å². The lowest BCUT2D eigenvalue weighted by molar-refractivity contribution is 0.00726. The van der Waals surface area contributed by atoms with Gasteiger partial charge in [-0.1, -0.05) is 30.4 Å². The Bertz CT molecular complexity index is 1320. The molecule has 1 fully saturated rings. The SMILES string of the molecule is COc1cnc2cccc([C@H](O)CN(C)CC(O)[C@H]3CN(C4=COC=C(C5=CC=CCC5)O4)C(=O)O3)c2n1. The first-order valence-electron chi connectivity index (χ1n) is 12.3. The highest BCUT2D eigenvalue weighted by atomic mass is 16.6. The van der Waals surface area contributed by atoms with E-state index in [1.165, 1.54) is 30.7 Å². The maximum absolute atomic E-state index is 12.6. The van der Waals surface area contributed by atoms with Crippen LogP contribution in [0.25, 0.3) is 11.0 Å². The lowest BCUT2D eigenvalue weighted by atomic mass is 10.0. The summed E-state index contributed by atoms with van der Waals surface area (Å²) >= 11 is 0. The van der Waals surface area contributed by atoms with Gasteiger partial charge in [-0.2, -0.15) is 0 Å². The summed E-state index contributed by atoms with van der Waals surface area (Å²) in [5.41, 5.74) is 2.76. The molecule has 3 heterocycles. The van der Waals surface area contributed by atoms with Crippen LogP contribution < -0.4 is 4.74 Å². The molecular weight excluding hydrogens is 492 g/mol. The van der Waals surface area contributed by atoms with Gasteiger partial charge in [-0.25, -0.2) is 19.7 Å². The number of hydrogen-bond acceptors (Lipinski definition) is 10. The number of likely N-dealkylation sites (N-methyl/N-ethyl adjacent to an activating group) is 1. The average Bonchev–Trinajstić information content (AvgIpc) is 3.34. The summed E-state index contributed by atoms with van der Waals surface area (Å²) in [6.07, 6.45) is 8.72. The number of ether oxygens (including phenoxy) is 4. The number of nitrogens with zero attached hydrogens (tertiary/aromatic N) is 4. The Morgan fingerprint density at radius 2 is 2.13 bits per heavy atom. The fraction of sp³-hybridized carbons (Fsp3) is 0.370. The van der Waals surface area contributed by atoms with Crippen molar-refractivity contribution in [2.45, 2.75) is 31.2 Å². The monoisotopic (exact) mass is 522 g/mol. The first kappa shape index (κ1) is 25.7.